The van der Waals surface area contributed by atoms with Crippen LogP contribution in [0.15, 0.2) is 0 Å². The highest BCUT2D eigenvalue weighted by atomic mass is 19.4. The number of ether oxygens (including phenoxy) is 1. The van der Waals surface area contributed by atoms with Gasteiger partial charge >= 0.3 is 53.7 Å². The van der Waals surface area contributed by atoms with Crippen LogP contribution in [0.25, 0.3) is 0 Å². The highest BCUT2D eigenvalue weighted by molar-refractivity contribution is 5.19. The Kier molecular flexibility index (Phi) is 4.80. The van der Waals surface area contributed by atoms with E-state index in [4.69, 9.17) is 0 Å². The van der Waals surface area contributed by atoms with Crippen molar-refractivity contribution in [3.05, 3.63) is 0 Å². The highest BCUT2D eigenvalue weighted by Crippen LogP contribution is 2.69. The Labute approximate surface area is 139 Å². The molecule has 1 fully saturated rings. The van der Waals surface area contributed by atoms with Gasteiger partial charge in [-0.2, -0.15) is 79.0 Å². The molecule has 0 spiro atoms. The number of epoxide rings is 1. The lowest BCUT2D eigenvalue weighted by atomic mass is 9.89. The Hall–Kier alpha value is -1.30. The minimum absolute atomic E-state index is 2.03. The Morgan fingerprint density at radius 3 is 0.929 bits per heavy atom. The highest BCUT2D eigenvalue weighted by Gasteiger charge is 3.01. The van der Waals surface area contributed by atoms with E-state index in [0.717, 1.165) is 0 Å². The SMILES string of the molecule is FC(F)(F)C(F)(F)C(F)(F)C(F)(F)C(F)(F)C(F)(F)C(F)(F)C1(F)OC1(F)F. The summed E-state index contributed by atoms with van der Waals surface area (Å²) in [4.78, 5) is 0. The fourth-order valence-corrected chi connectivity index (χ4v) is 1.57. The smallest absolute Gasteiger partial charge is 0.265 e. The first kappa shape index (κ1) is 24.7. The van der Waals surface area contributed by atoms with Crippen molar-refractivity contribution in [1.29, 1.82) is 0 Å². The largest absolute Gasteiger partial charge is 0.460 e. The van der Waals surface area contributed by atoms with E-state index in [1.165, 1.54) is 0 Å². The number of halogens is 18. The number of rotatable bonds is 6. The number of alkyl halides is 18. The van der Waals surface area contributed by atoms with Crippen molar-refractivity contribution in [2.24, 2.45) is 0 Å². The number of hydrogen-bond acceptors (Lipinski definition) is 1. The fraction of sp³-hybridized carbons (Fsp3) is 1.00. The summed E-state index contributed by atoms with van der Waals surface area (Å²) in [6, 6.07) is 0. The van der Waals surface area contributed by atoms with Gasteiger partial charge in [-0.15, -0.1) is 0 Å². The van der Waals surface area contributed by atoms with Crippen molar-refractivity contribution in [1.82, 2.24) is 0 Å². The van der Waals surface area contributed by atoms with Crippen molar-refractivity contribution in [2.45, 2.75) is 53.7 Å². The first-order chi connectivity index (χ1) is 11.7. The molecule has 0 N–H and O–H groups in total. The quantitative estimate of drug-likeness (QED) is 0.365. The maximum atomic E-state index is 13.1. The lowest BCUT2D eigenvalue weighted by Gasteiger charge is -2.41. The first-order valence-corrected chi connectivity index (χ1v) is 5.81. The van der Waals surface area contributed by atoms with E-state index < -0.39 is 53.7 Å². The Balaban J connectivity index is 3.59. The summed E-state index contributed by atoms with van der Waals surface area (Å²) in [5.74, 6) is -56.8. The van der Waals surface area contributed by atoms with Gasteiger partial charge in [0.15, 0.2) is 0 Å². The summed E-state index contributed by atoms with van der Waals surface area (Å²) in [7, 11) is 0. The van der Waals surface area contributed by atoms with Gasteiger partial charge in [-0.1, -0.05) is 0 Å². The van der Waals surface area contributed by atoms with Gasteiger partial charge in [-0.3, -0.25) is 4.74 Å². The molecule has 0 aromatic heterocycles. The van der Waals surface area contributed by atoms with Gasteiger partial charge in [-0.05, 0) is 0 Å². The van der Waals surface area contributed by atoms with Gasteiger partial charge in [-0.25, -0.2) is 0 Å². The summed E-state index contributed by atoms with van der Waals surface area (Å²) in [6.45, 7) is 0. The molecule has 1 nitrogen and oxygen atoms in total. The molecule has 1 unspecified atom stereocenters. The molecule has 0 aromatic rings. The summed E-state index contributed by atoms with van der Waals surface area (Å²) in [5, 5.41) is 0. The second kappa shape index (κ2) is 5.44. The van der Waals surface area contributed by atoms with Gasteiger partial charge in [0.1, 0.15) is 0 Å². The summed E-state index contributed by atoms with van der Waals surface area (Å²) in [6.07, 6.45) is -13.9. The van der Waals surface area contributed by atoms with Crippen LogP contribution >= 0.6 is 0 Å². The second-order valence-corrected chi connectivity index (χ2v) is 5.16. The predicted octanol–water partition coefficient (Wildman–Crippen LogP) is 5.65. The van der Waals surface area contributed by atoms with Crippen LogP contribution in [0.4, 0.5) is 79.0 Å². The van der Waals surface area contributed by atoms with E-state index in [-0.39, 0.29) is 0 Å². The third-order valence-electron chi connectivity index (χ3n) is 3.33. The van der Waals surface area contributed by atoms with Crippen LogP contribution in [-0.2, 0) is 4.74 Å². The van der Waals surface area contributed by atoms with E-state index in [1.54, 1.807) is 0 Å². The third-order valence-corrected chi connectivity index (χ3v) is 3.33. The van der Waals surface area contributed by atoms with Crippen molar-refractivity contribution >= 4 is 0 Å². The van der Waals surface area contributed by atoms with Gasteiger partial charge < -0.3 is 0 Å². The van der Waals surface area contributed by atoms with Crippen LogP contribution in [0.3, 0.4) is 0 Å². The van der Waals surface area contributed by atoms with Crippen molar-refractivity contribution < 1.29 is 83.8 Å². The molecule has 0 amide bonds. The van der Waals surface area contributed by atoms with Crippen LogP contribution < -0.4 is 0 Å². The average Bonchev–Trinajstić information content (AvgIpc) is 2.97. The zero-order valence-electron chi connectivity index (χ0n) is 11.7. The normalized spacial score (nSPS) is 25.1. The summed E-state index contributed by atoms with van der Waals surface area (Å²) < 4.78 is 229. The minimum atomic E-state index is -8.69. The molecule has 0 aliphatic carbocycles. The average molecular weight is 466 g/mol. The van der Waals surface area contributed by atoms with Crippen molar-refractivity contribution in [2.75, 3.05) is 0 Å². The molecule has 19 heteroatoms. The molecule has 1 saturated heterocycles. The molecule has 1 aliphatic rings. The lowest BCUT2D eigenvalue weighted by Crippen LogP contribution is -2.74. The Morgan fingerprint density at radius 2 is 0.679 bits per heavy atom. The fourth-order valence-electron chi connectivity index (χ4n) is 1.57. The topological polar surface area (TPSA) is 12.5 Å². The zero-order valence-corrected chi connectivity index (χ0v) is 11.7. The maximum Gasteiger partial charge on any atom is 0.460 e. The molecule has 1 aliphatic heterocycles. The molecule has 0 bridgehead atoms. The van der Waals surface area contributed by atoms with Crippen LogP contribution in [-0.4, -0.2) is 53.7 Å². The molecule has 1 rings (SSSR count). The second-order valence-electron chi connectivity index (χ2n) is 5.16. The van der Waals surface area contributed by atoms with E-state index in [2.05, 4.69) is 0 Å². The van der Waals surface area contributed by atoms with Gasteiger partial charge in [0, 0.05) is 0 Å². The van der Waals surface area contributed by atoms with Gasteiger partial charge in [0.05, 0.1) is 0 Å². The van der Waals surface area contributed by atoms with Crippen LogP contribution in [0.1, 0.15) is 0 Å². The van der Waals surface area contributed by atoms with Gasteiger partial charge in [0.2, 0.25) is 0 Å². The van der Waals surface area contributed by atoms with Gasteiger partial charge in [0.25, 0.3) is 0 Å². The molecule has 0 saturated carbocycles. The predicted molar refractivity (Wildman–Crippen MR) is 45.6 cm³/mol. The molecular formula is C9F18O. The standard InChI is InChI=1S/C9F18O/c10-1(11,2(12,13)4(16,17)6(20,21)8(23,24)25)3(14,15)5(18,19)7(22)9(26,27)28-7. The van der Waals surface area contributed by atoms with Crippen molar-refractivity contribution in [3.63, 3.8) is 0 Å². The molecule has 0 radical (unpaired) electrons. The van der Waals surface area contributed by atoms with Crippen LogP contribution in [0.2, 0.25) is 0 Å². The van der Waals surface area contributed by atoms with E-state index in [9.17, 15) is 79.0 Å². The summed E-state index contributed by atoms with van der Waals surface area (Å²) >= 11 is 0. The molecular weight excluding hydrogens is 466 g/mol. The zero-order chi connectivity index (χ0) is 23.2. The molecule has 0 aromatic carbocycles. The molecule has 168 valence electrons. The molecule has 28 heavy (non-hydrogen) atoms. The maximum absolute atomic E-state index is 13.1. The number of hydrogen-bond donors (Lipinski definition) is 0. The van der Waals surface area contributed by atoms with Crippen molar-refractivity contribution in [3.8, 4) is 0 Å². The third kappa shape index (κ3) is 2.49. The summed E-state index contributed by atoms with van der Waals surface area (Å²) in [5.41, 5.74) is 0. The Bertz CT molecular complexity index is 629. The van der Waals surface area contributed by atoms with E-state index in [0.29, 0.717) is 0 Å². The van der Waals surface area contributed by atoms with E-state index in [1.807, 2.05) is 4.74 Å². The van der Waals surface area contributed by atoms with E-state index >= 15 is 0 Å². The Morgan fingerprint density at radius 1 is 0.429 bits per heavy atom. The molecule has 1 atom stereocenters. The van der Waals surface area contributed by atoms with Crippen LogP contribution in [0, 0.1) is 0 Å². The molecule has 1 heterocycles. The first-order valence-electron chi connectivity index (χ1n) is 5.81. The minimum Gasteiger partial charge on any atom is -0.265 e. The monoisotopic (exact) mass is 466 g/mol. The van der Waals surface area contributed by atoms with Crippen LogP contribution in [0.5, 0.6) is 0 Å². The lowest BCUT2D eigenvalue weighted by molar-refractivity contribution is -0.457.